The van der Waals surface area contributed by atoms with Crippen LogP contribution in [0.5, 0.6) is 0 Å². The maximum absolute atomic E-state index is 11.4. The molecular formula is C19H22N4O2S. The van der Waals surface area contributed by atoms with Crippen LogP contribution in [0.4, 0.5) is 5.82 Å². The number of nitrogens with two attached hydrogens (primary N) is 1. The molecule has 0 radical (unpaired) electrons. The molecule has 0 atom stereocenters. The second-order valence-corrected chi connectivity index (χ2v) is 8.19. The lowest BCUT2D eigenvalue weighted by molar-refractivity contribution is 0.598. The third kappa shape index (κ3) is 4.17. The monoisotopic (exact) mass is 370 g/mol. The number of anilines is 1. The number of rotatable bonds is 6. The summed E-state index contributed by atoms with van der Waals surface area (Å²) in [6.45, 7) is 5.21. The Balaban J connectivity index is 1.95. The van der Waals surface area contributed by atoms with Crippen LogP contribution in [0.15, 0.2) is 53.7 Å². The van der Waals surface area contributed by atoms with Crippen LogP contribution >= 0.6 is 0 Å². The topological polar surface area (TPSA) is 98.0 Å². The van der Waals surface area contributed by atoms with Crippen molar-refractivity contribution in [3.63, 3.8) is 0 Å². The van der Waals surface area contributed by atoms with Crippen molar-refractivity contribution in [2.45, 2.75) is 25.2 Å². The Morgan fingerprint density at radius 3 is 2.38 bits per heavy atom. The maximum atomic E-state index is 11.4. The second-order valence-electron chi connectivity index (χ2n) is 6.63. The number of aromatic nitrogens is 2. The van der Waals surface area contributed by atoms with Crippen LogP contribution in [0, 0.1) is 5.92 Å². The fourth-order valence-corrected chi connectivity index (χ4v) is 3.21. The lowest BCUT2D eigenvalue weighted by Crippen LogP contribution is -2.11. The molecule has 1 aromatic heterocycles. The number of fused-ring (bicyclic) bond motifs is 1. The summed E-state index contributed by atoms with van der Waals surface area (Å²) >= 11 is 0. The molecule has 0 saturated carbocycles. The van der Waals surface area contributed by atoms with Gasteiger partial charge in [-0.1, -0.05) is 32.0 Å². The molecule has 26 heavy (non-hydrogen) atoms. The first-order chi connectivity index (χ1) is 12.3. The summed E-state index contributed by atoms with van der Waals surface area (Å²) in [7, 11) is -3.69. The van der Waals surface area contributed by atoms with Gasteiger partial charge in [0.15, 0.2) is 0 Å². The van der Waals surface area contributed by atoms with Gasteiger partial charge in [-0.2, -0.15) is 0 Å². The maximum Gasteiger partial charge on any atom is 0.238 e. The largest absolute Gasteiger partial charge is 0.369 e. The van der Waals surface area contributed by atoms with Gasteiger partial charge < -0.3 is 5.32 Å². The fraction of sp³-hybridized carbons (Fsp3) is 0.263. The first kappa shape index (κ1) is 18.3. The SMILES string of the molecule is CC(C)CCNc1ncnc2ccc(-c3ccc(S(N)(=O)=O)cc3)cc12. The van der Waals surface area contributed by atoms with Gasteiger partial charge in [0.05, 0.1) is 10.4 Å². The van der Waals surface area contributed by atoms with Crippen molar-refractivity contribution in [1.29, 1.82) is 0 Å². The molecule has 3 aromatic rings. The van der Waals surface area contributed by atoms with E-state index < -0.39 is 10.0 Å². The summed E-state index contributed by atoms with van der Waals surface area (Å²) in [5.41, 5.74) is 2.72. The molecule has 1 heterocycles. The Morgan fingerprint density at radius 1 is 1.04 bits per heavy atom. The third-order valence-electron chi connectivity index (χ3n) is 4.17. The number of nitrogens with one attached hydrogen (secondary N) is 1. The van der Waals surface area contributed by atoms with Gasteiger partial charge in [0, 0.05) is 11.9 Å². The molecule has 3 N–H and O–H groups in total. The molecule has 0 aliphatic heterocycles. The van der Waals surface area contributed by atoms with E-state index in [1.807, 2.05) is 18.2 Å². The van der Waals surface area contributed by atoms with Crippen LogP contribution < -0.4 is 10.5 Å². The molecule has 0 amide bonds. The molecule has 7 heteroatoms. The summed E-state index contributed by atoms with van der Waals surface area (Å²) in [5.74, 6) is 1.42. The Hall–Kier alpha value is -2.51. The van der Waals surface area contributed by atoms with E-state index in [9.17, 15) is 8.42 Å². The Kier molecular flexibility index (Phi) is 5.20. The van der Waals surface area contributed by atoms with Gasteiger partial charge >= 0.3 is 0 Å². The molecule has 136 valence electrons. The van der Waals surface area contributed by atoms with Gasteiger partial charge in [-0.05, 0) is 47.7 Å². The van der Waals surface area contributed by atoms with Gasteiger partial charge in [0.1, 0.15) is 12.1 Å². The molecule has 0 aliphatic rings. The quantitative estimate of drug-likeness (QED) is 0.693. The van der Waals surface area contributed by atoms with E-state index in [0.29, 0.717) is 5.92 Å². The molecule has 6 nitrogen and oxygen atoms in total. The number of hydrogen-bond acceptors (Lipinski definition) is 5. The van der Waals surface area contributed by atoms with Crippen molar-refractivity contribution in [3.05, 3.63) is 48.8 Å². The molecule has 0 fully saturated rings. The highest BCUT2D eigenvalue weighted by Gasteiger charge is 2.09. The van der Waals surface area contributed by atoms with Crippen LogP contribution in [0.2, 0.25) is 0 Å². The normalized spacial score (nSPS) is 11.8. The molecule has 0 unspecified atom stereocenters. The Morgan fingerprint density at radius 2 is 1.73 bits per heavy atom. The summed E-state index contributed by atoms with van der Waals surface area (Å²) in [4.78, 5) is 8.78. The van der Waals surface area contributed by atoms with Gasteiger partial charge in [0.25, 0.3) is 0 Å². The van der Waals surface area contributed by atoms with Crippen molar-refractivity contribution >= 4 is 26.7 Å². The minimum Gasteiger partial charge on any atom is -0.369 e. The lowest BCUT2D eigenvalue weighted by atomic mass is 10.0. The number of primary sulfonamides is 1. The van der Waals surface area contributed by atoms with Crippen molar-refractivity contribution in [3.8, 4) is 11.1 Å². The van der Waals surface area contributed by atoms with E-state index in [-0.39, 0.29) is 4.90 Å². The number of sulfonamides is 1. The summed E-state index contributed by atoms with van der Waals surface area (Å²) < 4.78 is 22.8. The predicted octanol–water partition coefficient (Wildman–Crippen LogP) is 3.40. The van der Waals surface area contributed by atoms with Crippen molar-refractivity contribution in [1.82, 2.24) is 9.97 Å². The highest BCUT2D eigenvalue weighted by molar-refractivity contribution is 7.89. The highest BCUT2D eigenvalue weighted by Crippen LogP contribution is 2.27. The Labute approximate surface area is 153 Å². The molecule has 0 saturated heterocycles. The minimum absolute atomic E-state index is 0.0985. The Bertz CT molecular complexity index is 1020. The van der Waals surface area contributed by atoms with Gasteiger partial charge in [-0.25, -0.2) is 23.5 Å². The summed E-state index contributed by atoms with van der Waals surface area (Å²) in [5, 5.41) is 9.47. The van der Waals surface area contributed by atoms with E-state index in [2.05, 4.69) is 29.1 Å². The van der Waals surface area contributed by atoms with Crippen LogP contribution in [0.3, 0.4) is 0 Å². The van der Waals surface area contributed by atoms with Crippen LogP contribution in [-0.2, 0) is 10.0 Å². The molecule has 0 spiro atoms. The average molecular weight is 370 g/mol. The van der Waals surface area contributed by atoms with Crippen LogP contribution in [0.1, 0.15) is 20.3 Å². The number of benzene rings is 2. The third-order valence-corrected chi connectivity index (χ3v) is 5.09. The lowest BCUT2D eigenvalue weighted by Gasteiger charge is -2.11. The fourth-order valence-electron chi connectivity index (χ4n) is 2.69. The number of nitrogens with zero attached hydrogens (tertiary/aromatic N) is 2. The van der Waals surface area contributed by atoms with E-state index in [1.54, 1.807) is 18.5 Å². The van der Waals surface area contributed by atoms with E-state index in [4.69, 9.17) is 5.14 Å². The predicted molar refractivity (Wildman–Crippen MR) is 104 cm³/mol. The zero-order chi connectivity index (χ0) is 18.7. The molecule has 0 aliphatic carbocycles. The smallest absolute Gasteiger partial charge is 0.238 e. The standard InChI is InChI=1S/C19H22N4O2S/c1-13(2)9-10-21-19-17-11-15(5-8-18(17)22-12-23-19)14-3-6-16(7-4-14)26(20,24)25/h3-8,11-13H,9-10H2,1-2H3,(H2,20,24,25)(H,21,22,23). The van der Waals surface area contributed by atoms with E-state index >= 15 is 0 Å². The van der Waals surface area contributed by atoms with Crippen LogP contribution in [0.25, 0.3) is 22.0 Å². The first-order valence-corrected chi connectivity index (χ1v) is 10.0. The van der Waals surface area contributed by atoms with Crippen LogP contribution in [-0.4, -0.2) is 24.9 Å². The van der Waals surface area contributed by atoms with Crippen molar-refractivity contribution in [2.75, 3.05) is 11.9 Å². The number of hydrogen-bond donors (Lipinski definition) is 2. The average Bonchev–Trinajstić information content (AvgIpc) is 2.60. The summed E-state index contributed by atoms with van der Waals surface area (Å²) in [6.07, 6.45) is 2.61. The van der Waals surface area contributed by atoms with Crippen molar-refractivity contribution < 1.29 is 8.42 Å². The van der Waals surface area contributed by atoms with E-state index in [0.717, 1.165) is 40.8 Å². The van der Waals surface area contributed by atoms with Crippen molar-refractivity contribution in [2.24, 2.45) is 11.1 Å². The molecule has 0 bridgehead atoms. The van der Waals surface area contributed by atoms with Gasteiger partial charge in [-0.3, -0.25) is 0 Å². The van der Waals surface area contributed by atoms with Gasteiger partial charge in [0.2, 0.25) is 10.0 Å². The van der Waals surface area contributed by atoms with Gasteiger partial charge in [-0.15, -0.1) is 0 Å². The van der Waals surface area contributed by atoms with E-state index in [1.165, 1.54) is 12.1 Å². The molecular weight excluding hydrogens is 348 g/mol. The summed E-state index contributed by atoms with van der Waals surface area (Å²) in [6, 6.07) is 12.4. The highest BCUT2D eigenvalue weighted by atomic mass is 32.2. The zero-order valence-electron chi connectivity index (χ0n) is 14.8. The second kappa shape index (κ2) is 7.39. The first-order valence-electron chi connectivity index (χ1n) is 8.46. The molecule has 3 rings (SSSR count). The molecule has 2 aromatic carbocycles. The minimum atomic E-state index is -3.69. The zero-order valence-corrected chi connectivity index (χ0v) is 15.6.